The number of fused-ring (bicyclic) bond motifs is 2. The van der Waals surface area contributed by atoms with E-state index in [2.05, 4.69) is 59.2 Å². The van der Waals surface area contributed by atoms with E-state index in [4.69, 9.17) is 16.3 Å². The Balaban J connectivity index is 1.45. The van der Waals surface area contributed by atoms with E-state index in [-0.39, 0.29) is 23.8 Å². The van der Waals surface area contributed by atoms with E-state index >= 15 is 0 Å². The Morgan fingerprint density at radius 3 is 2.25 bits per heavy atom. The maximum Gasteiger partial charge on any atom is 0.387 e. The lowest BCUT2D eigenvalue weighted by Crippen LogP contribution is -2.51. The molecule has 3 fully saturated rings. The first-order valence-electron chi connectivity index (χ1n) is 13.0. The van der Waals surface area contributed by atoms with Crippen molar-refractivity contribution < 1.29 is 13.5 Å². The molecule has 2 bridgehead atoms. The summed E-state index contributed by atoms with van der Waals surface area (Å²) in [5.41, 5.74) is 3.02. The average molecular weight is 509 g/mol. The molecule has 0 spiro atoms. The van der Waals surface area contributed by atoms with Crippen LogP contribution in [0.5, 0.6) is 5.75 Å². The van der Waals surface area contributed by atoms with Crippen molar-refractivity contribution in [1.29, 1.82) is 0 Å². The number of alkyl halides is 2. The van der Waals surface area contributed by atoms with Gasteiger partial charge in [0.05, 0.1) is 5.69 Å². The summed E-state index contributed by atoms with van der Waals surface area (Å²) in [6, 6.07) is 26.6. The Bertz CT molecular complexity index is 1140. The number of anilines is 1. The Hall–Kier alpha value is -2.63. The summed E-state index contributed by atoms with van der Waals surface area (Å²) in [5, 5.41) is 8.26. The molecule has 1 heterocycles. The fourth-order valence-electron chi connectivity index (χ4n) is 6.97. The minimum Gasteiger partial charge on any atom is -0.433 e. The zero-order valence-corrected chi connectivity index (χ0v) is 20.8. The highest BCUT2D eigenvalue weighted by atomic mass is 35.5. The molecule has 3 aromatic carbocycles. The molecule has 3 nitrogen and oxygen atoms in total. The fraction of sp³-hybridized carbons (Fsp3) is 0.400. The molecule has 6 heteroatoms. The maximum absolute atomic E-state index is 13.3. The van der Waals surface area contributed by atoms with Crippen molar-refractivity contribution in [2.24, 2.45) is 17.8 Å². The number of hydrogen-bond acceptors (Lipinski definition) is 3. The van der Waals surface area contributed by atoms with Gasteiger partial charge in [-0.1, -0.05) is 78.7 Å². The van der Waals surface area contributed by atoms with Gasteiger partial charge >= 0.3 is 6.61 Å². The largest absolute Gasteiger partial charge is 0.433 e. The highest BCUT2D eigenvalue weighted by Crippen LogP contribution is 2.59. The lowest BCUT2D eigenvalue weighted by molar-refractivity contribution is -0.0494. The fourth-order valence-corrected chi connectivity index (χ4v) is 7.14. The normalized spacial score (nSPS) is 28.9. The molecule has 0 aromatic heterocycles. The van der Waals surface area contributed by atoms with Crippen LogP contribution in [-0.2, 0) is 0 Å². The quantitative estimate of drug-likeness (QED) is 0.350. The van der Waals surface area contributed by atoms with Crippen molar-refractivity contribution in [1.82, 2.24) is 5.32 Å². The second-order valence-electron chi connectivity index (χ2n) is 10.4. The maximum atomic E-state index is 13.3. The molecule has 2 aliphatic carbocycles. The van der Waals surface area contributed by atoms with Gasteiger partial charge in [-0.25, -0.2) is 0 Å². The summed E-state index contributed by atoms with van der Waals surface area (Å²) in [4.78, 5) is 0. The number of benzene rings is 3. The van der Waals surface area contributed by atoms with Crippen molar-refractivity contribution in [2.45, 2.75) is 56.3 Å². The van der Waals surface area contributed by atoms with Gasteiger partial charge in [0.1, 0.15) is 5.75 Å². The SMILES string of the molecule is FC(F)Oc1ccc(Cl)cc1NC1C(C(c2ccccc2)c2ccccc2)NC2CCCC3C(C2)C31. The lowest BCUT2D eigenvalue weighted by atomic mass is 9.80. The van der Waals surface area contributed by atoms with Crippen molar-refractivity contribution in [3.63, 3.8) is 0 Å². The third-order valence-electron chi connectivity index (χ3n) is 8.43. The molecular formula is C30H31ClF2N2O. The van der Waals surface area contributed by atoms with Crippen LogP contribution in [0.15, 0.2) is 78.9 Å². The third kappa shape index (κ3) is 4.71. The van der Waals surface area contributed by atoms with E-state index < -0.39 is 6.61 Å². The summed E-state index contributed by atoms with van der Waals surface area (Å²) in [6.07, 6.45) is 4.81. The predicted molar refractivity (Wildman–Crippen MR) is 140 cm³/mol. The standard InChI is InChI=1S/C30H31ClF2N2O/c31-20-14-15-25(36-30(32)33)24(16-20)35-29-27-22-13-7-12-21(17-23(22)27)34-28(29)26(18-8-3-1-4-9-18)19-10-5-2-6-11-19/h1-6,8-11,14-16,21-23,26-30,34-35H,7,12-13,17H2. The number of rotatable bonds is 7. The summed E-state index contributed by atoms with van der Waals surface area (Å²) in [5.74, 6) is 2.03. The molecule has 188 valence electrons. The van der Waals surface area contributed by atoms with E-state index in [1.807, 2.05) is 12.1 Å². The monoisotopic (exact) mass is 508 g/mol. The molecule has 1 aliphatic heterocycles. The minimum absolute atomic E-state index is 0.0343. The van der Waals surface area contributed by atoms with Crippen LogP contribution < -0.4 is 15.4 Å². The zero-order valence-electron chi connectivity index (χ0n) is 20.0. The molecule has 36 heavy (non-hydrogen) atoms. The van der Waals surface area contributed by atoms with Crippen LogP contribution in [0.2, 0.25) is 5.02 Å². The molecule has 1 saturated heterocycles. The van der Waals surface area contributed by atoms with Gasteiger partial charge in [0, 0.05) is 29.1 Å². The van der Waals surface area contributed by atoms with Crippen LogP contribution in [0.4, 0.5) is 14.5 Å². The van der Waals surface area contributed by atoms with Gasteiger partial charge in [0.15, 0.2) is 0 Å². The molecule has 2 saturated carbocycles. The van der Waals surface area contributed by atoms with E-state index in [9.17, 15) is 8.78 Å². The second kappa shape index (κ2) is 10.0. The van der Waals surface area contributed by atoms with Crippen molar-refractivity contribution >= 4 is 17.3 Å². The van der Waals surface area contributed by atoms with E-state index in [1.165, 1.54) is 42.9 Å². The van der Waals surface area contributed by atoms with Gasteiger partial charge in [-0.2, -0.15) is 8.78 Å². The molecule has 0 amide bonds. The van der Waals surface area contributed by atoms with Crippen molar-refractivity contribution in [3.05, 3.63) is 95.0 Å². The van der Waals surface area contributed by atoms with Crippen LogP contribution in [-0.4, -0.2) is 24.7 Å². The van der Waals surface area contributed by atoms with Gasteiger partial charge in [-0.15, -0.1) is 0 Å². The van der Waals surface area contributed by atoms with Crippen LogP contribution >= 0.6 is 11.6 Å². The molecule has 6 atom stereocenters. The predicted octanol–water partition coefficient (Wildman–Crippen LogP) is 7.33. The Kier molecular flexibility index (Phi) is 6.61. The van der Waals surface area contributed by atoms with Crippen molar-refractivity contribution in [3.8, 4) is 5.75 Å². The molecule has 2 N–H and O–H groups in total. The molecule has 3 aliphatic rings. The van der Waals surface area contributed by atoms with Crippen LogP contribution in [0, 0.1) is 17.8 Å². The summed E-state index contributed by atoms with van der Waals surface area (Å²) in [6.45, 7) is -2.90. The summed E-state index contributed by atoms with van der Waals surface area (Å²) < 4.78 is 31.4. The Morgan fingerprint density at radius 1 is 0.889 bits per heavy atom. The van der Waals surface area contributed by atoms with E-state index in [0.29, 0.717) is 34.5 Å². The Labute approximate surface area is 216 Å². The highest BCUT2D eigenvalue weighted by Gasteiger charge is 2.59. The smallest absolute Gasteiger partial charge is 0.387 e. The molecule has 0 radical (unpaired) electrons. The lowest BCUT2D eigenvalue weighted by Gasteiger charge is -2.38. The number of halogens is 3. The second-order valence-corrected chi connectivity index (χ2v) is 10.9. The van der Waals surface area contributed by atoms with Gasteiger partial charge in [0.2, 0.25) is 0 Å². The van der Waals surface area contributed by atoms with Gasteiger partial charge in [0.25, 0.3) is 0 Å². The highest BCUT2D eigenvalue weighted by molar-refractivity contribution is 6.30. The van der Waals surface area contributed by atoms with E-state index in [0.717, 1.165) is 0 Å². The zero-order chi connectivity index (χ0) is 24.6. The van der Waals surface area contributed by atoms with E-state index in [1.54, 1.807) is 12.1 Å². The minimum atomic E-state index is -2.90. The summed E-state index contributed by atoms with van der Waals surface area (Å²) >= 11 is 6.33. The first-order valence-corrected chi connectivity index (χ1v) is 13.3. The van der Waals surface area contributed by atoms with Crippen molar-refractivity contribution in [2.75, 3.05) is 5.32 Å². The Morgan fingerprint density at radius 2 is 1.58 bits per heavy atom. The first-order chi connectivity index (χ1) is 17.6. The topological polar surface area (TPSA) is 33.3 Å². The first kappa shape index (κ1) is 23.7. The molecule has 3 aromatic rings. The van der Waals surface area contributed by atoms with Gasteiger partial charge < -0.3 is 15.4 Å². The molecular weight excluding hydrogens is 478 g/mol. The number of ether oxygens (including phenoxy) is 1. The van der Waals surface area contributed by atoms with Crippen LogP contribution in [0.25, 0.3) is 0 Å². The third-order valence-corrected chi connectivity index (χ3v) is 8.67. The molecule has 6 unspecified atom stereocenters. The molecule has 6 rings (SSSR count). The van der Waals surface area contributed by atoms with Gasteiger partial charge in [-0.05, 0) is 66.3 Å². The average Bonchev–Trinajstić information content (AvgIpc) is 3.60. The number of hydrogen-bond donors (Lipinski definition) is 2. The van der Waals surface area contributed by atoms with Crippen LogP contribution in [0.1, 0.15) is 42.7 Å². The van der Waals surface area contributed by atoms with Gasteiger partial charge in [-0.3, -0.25) is 0 Å². The van der Waals surface area contributed by atoms with Crippen LogP contribution in [0.3, 0.4) is 0 Å². The number of nitrogens with one attached hydrogen (secondary N) is 2. The summed E-state index contributed by atoms with van der Waals surface area (Å²) in [7, 11) is 0.